The van der Waals surface area contributed by atoms with Gasteiger partial charge in [-0.3, -0.25) is 10.0 Å². The molecule has 0 aliphatic rings. The standard InChI is InChI=1S/C22H24ClN3O3/c1-2-3-8-20-24-21(23)19(14-27)26(20)13-15-9-11-16(12-10-15)17-6-4-5-7-18(17)22(28)25-29/h4-7,9-12,27,29H,2-3,8,13-14H2,1H3,(H,25,28). The number of hydrogen-bond acceptors (Lipinski definition) is 4. The number of halogens is 1. The third-order valence-electron chi connectivity index (χ3n) is 4.89. The molecule has 6 nitrogen and oxygen atoms in total. The van der Waals surface area contributed by atoms with Gasteiger partial charge < -0.3 is 9.67 Å². The van der Waals surface area contributed by atoms with Gasteiger partial charge >= 0.3 is 0 Å². The van der Waals surface area contributed by atoms with Gasteiger partial charge in [-0.25, -0.2) is 10.5 Å². The topological polar surface area (TPSA) is 87.4 Å². The molecule has 0 unspecified atom stereocenters. The van der Waals surface area contributed by atoms with Crippen LogP contribution in [0.4, 0.5) is 0 Å². The molecule has 1 aromatic heterocycles. The minimum atomic E-state index is -0.550. The molecule has 1 amide bonds. The number of aliphatic hydroxyl groups excluding tert-OH is 1. The molecule has 0 aliphatic heterocycles. The van der Waals surface area contributed by atoms with Crippen LogP contribution in [-0.2, 0) is 19.6 Å². The fraction of sp³-hybridized carbons (Fsp3) is 0.273. The largest absolute Gasteiger partial charge is 0.390 e. The Morgan fingerprint density at radius 1 is 1.17 bits per heavy atom. The summed E-state index contributed by atoms with van der Waals surface area (Å²) in [5.74, 6) is 0.320. The summed E-state index contributed by atoms with van der Waals surface area (Å²) in [5.41, 5.74) is 5.33. The van der Waals surface area contributed by atoms with Gasteiger partial charge in [0.25, 0.3) is 5.91 Å². The number of hydroxylamine groups is 1. The lowest BCUT2D eigenvalue weighted by molar-refractivity contribution is 0.0707. The number of carbonyl (C=O) groups excluding carboxylic acids is 1. The number of benzene rings is 2. The van der Waals surface area contributed by atoms with Gasteiger partial charge in [0.15, 0.2) is 5.15 Å². The second kappa shape index (κ2) is 9.69. The fourth-order valence-corrected chi connectivity index (χ4v) is 3.59. The third kappa shape index (κ3) is 4.67. The molecule has 0 bridgehead atoms. The lowest BCUT2D eigenvalue weighted by Crippen LogP contribution is -2.19. The number of hydrogen-bond donors (Lipinski definition) is 3. The highest BCUT2D eigenvalue weighted by Crippen LogP contribution is 2.25. The SMILES string of the molecule is CCCCc1nc(Cl)c(CO)n1Cc1ccc(-c2ccccc2C(=O)NO)cc1. The second-order valence-corrected chi connectivity index (χ2v) is 7.15. The summed E-state index contributed by atoms with van der Waals surface area (Å²) >= 11 is 6.21. The Bertz CT molecular complexity index is 983. The van der Waals surface area contributed by atoms with Crippen molar-refractivity contribution >= 4 is 17.5 Å². The van der Waals surface area contributed by atoms with E-state index >= 15 is 0 Å². The summed E-state index contributed by atoms with van der Waals surface area (Å²) in [7, 11) is 0. The molecule has 152 valence electrons. The van der Waals surface area contributed by atoms with E-state index in [4.69, 9.17) is 16.8 Å². The Kier molecular flexibility index (Phi) is 7.04. The first-order chi connectivity index (χ1) is 14.1. The van der Waals surface area contributed by atoms with E-state index in [2.05, 4.69) is 11.9 Å². The first-order valence-electron chi connectivity index (χ1n) is 9.56. The number of aryl methyl sites for hydroxylation is 1. The summed E-state index contributed by atoms with van der Waals surface area (Å²) < 4.78 is 1.97. The molecule has 0 aliphatic carbocycles. The molecule has 0 radical (unpaired) electrons. The van der Waals surface area contributed by atoms with Crippen LogP contribution in [0.25, 0.3) is 11.1 Å². The average molecular weight is 414 g/mol. The number of carbonyl (C=O) groups is 1. The predicted molar refractivity (Wildman–Crippen MR) is 112 cm³/mol. The highest BCUT2D eigenvalue weighted by Gasteiger charge is 2.16. The molecule has 0 fully saturated rings. The van der Waals surface area contributed by atoms with E-state index in [1.54, 1.807) is 17.6 Å². The van der Waals surface area contributed by atoms with Crippen LogP contribution in [0, 0.1) is 0 Å². The van der Waals surface area contributed by atoms with Crippen molar-refractivity contribution in [2.45, 2.75) is 39.3 Å². The molecule has 0 atom stereocenters. The van der Waals surface area contributed by atoms with E-state index in [0.29, 0.717) is 23.0 Å². The van der Waals surface area contributed by atoms with Crippen LogP contribution in [0.2, 0.25) is 5.15 Å². The van der Waals surface area contributed by atoms with Crippen LogP contribution in [0.1, 0.15) is 47.2 Å². The molecule has 0 saturated heterocycles. The van der Waals surface area contributed by atoms with Gasteiger partial charge in [-0.05, 0) is 29.2 Å². The Balaban J connectivity index is 1.89. The summed E-state index contributed by atoms with van der Waals surface area (Å²) in [4.78, 5) is 16.3. The monoisotopic (exact) mass is 413 g/mol. The molecule has 3 aromatic rings. The Morgan fingerprint density at radius 2 is 1.90 bits per heavy atom. The molecule has 29 heavy (non-hydrogen) atoms. The van der Waals surface area contributed by atoms with Crippen LogP contribution >= 0.6 is 11.6 Å². The van der Waals surface area contributed by atoms with Gasteiger partial charge in [0, 0.05) is 18.5 Å². The van der Waals surface area contributed by atoms with Crippen molar-refractivity contribution in [1.29, 1.82) is 0 Å². The smallest absolute Gasteiger partial charge is 0.275 e. The molecule has 7 heteroatoms. The zero-order valence-corrected chi connectivity index (χ0v) is 17.0. The summed E-state index contributed by atoms with van der Waals surface area (Å²) in [6, 6.07) is 14.9. The van der Waals surface area contributed by atoms with Crippen LogP contribution in [0.5, 0.6) is 0 Å². The van der Waals surface area contributed by atoms with Crippen molar-refractivity contribution in [3.05, 3.63) is 76.3 Å². The van der Waals surface area contributed by atoms with Gasteiger partial charge in [0.2, 0.25) is 0 Å². The summed E-state index contributed by atoms with van der Waals surface area (Å²) in [5, 5.41) is 19.0. The van der Waals surface area contributed by atoms with Crippen molar-refractivity contribution in [1.82, 2.24) is 15.0 Å². The number of nitrogens with zero attached hydrogens (tertiary/aromatic N) is 2. The van der Waals surface area contributed by atoms with E-state index in [1.807, 2.05) is 41.0 Å². The molecule has 1 heterocycles. The number of unbranched alkanes of at least 4 members (excludes halogenated alkanes) is 1. The summed E-state index contributed by atoms with van der Waals surface area (Å²) in [6.07, 6.45) is 2.85. The van der Waals surface area contributed by atoms with Crippen molar-refractivity contribution in [2.75, 3.05) is 0 Å². The van der Waals surface area contributed by atoms with Crippen LogP contribution in [0.3, 0.4) is 0 Å². The van der Waals surface area contributed by atoms with E-state index in [0.717, 1.165) is 41.8 Å². The van der Waals surface area contributed by atoms with Gasteiger partial charge in [0.05, 0.1) is 12.3 Å². The van der Waals surface area contributed by atoms with Gasteiger partial charge in [-0.15, -0.1) is 0 Å². The zero-order valence-electron chi connectivity index (χ0n) is 16.2. The minimum Gasteiger partial charge on any atom is -0.390 e. The molecular formula is C22H24ClN3O3. The maximum Gasteiger partial charge on any atom is 0.275 e. The molecule has 0 saturated carbocycles. The van der Waals surface area contributed by atoms with Crippen LogP contribution in [0.15, 0.2) is 48.5 Å². The Morgan fingerprint density at radius 3 is 2.55 bits per heavy atom. The number of aromatic nitrogens is 2. The highest BCUT2D eigenvalue weighted by molar-refractivity contribution is 6.30. The van der Waals surface area contributed by atoms with Gasteiger partial charge in [-0.2, -0.15) is 0 Å². The number of aliphatic hydroxyl groups is 1. The lowest BCUT2D eigenvalue weighted by Gasteiger charge is -2.12. The number of nitrogens with one attached hydrogen (secondary N) is 1. The first-order valence-corrected chi connectivity index (χ1v) is 9.94. The van der Waals surface area contributed by atoms with Crippen molar-refractivity contribution in [3.63, 3.8) is 0 Å². The lowest BCUT2D eigenvalue weighted by atomic mass is 9.98. The average Bonchev–Trinajstić information content (AvgIpc) is 3.06. The predicted octanol–water partition coefficient (Wildman–Crippen LogP) is 4.21. The van der Waals surface area contributed by atoms with Crippen molar-refractivity contribution in [3.8, 4) is 11.1 Å². The Hall–Kier alpha value is -2.67. The van der Waals surface area contributed by atoms with E-state index in [1.165, 1.54) is 0 Å². The number of amides is 1. The molecule has 0 spiro atoms. The van der Waals surface area contributed by atoms with Crippen molar-refractivity contribution < 1.29 is 15.1 Å². The molecular weight excluding hydrogens is 390 g/mol. The van der Waals surface area contributed by atoms with Gasteiger partial charge in [-0.1, -0.05) is 67.4 Å². The van der Waals surface area contributed by atoms with E-state index in [-0.39, 0.29) is 6.61 Å². The first kappa shape index (κ1) is 21.0. The quantitative estimate of drug-likeness (QED) is 0.381. The highest BCUT2D eigenvalue weighted by atomic mass is 35.5. The molecule has 3 rings (SSSR count). The second-order valence-electron chi connectivity index (χ2n) is 6.80. The van der Waals surface area contributed by atoms with Crippen LogP contribution in [-0.4, -0.2) is 25.8 Å². The van der Waals surface area contributed by atoms with Crippen LogP contribution < -0.4 is 5.48 Å². The Labute approximate surface area is 174 Å². The summed E-state index contributed by atoms with van der Waals surface area (Å²) in [6.45, 7) is 2.50. The third-order valence-corrected chi connectivity index (χ3v) is 5.19. The molecule has 3 N–H and O–H groups in total. The molecule has 2 aromatic carbocycles. The number of rotatable bonds is 8. The zero-order chi connectivity index (χ0) is 20.8. The van der Waals surface area contributed by atoms with E-state index < -0.39 is 5.91 Å². The normalized spacial score (nSPS) is 10.9. The minimum absolute atomic E-state index is 0.167. The van der Waals surface area contributed by atoms with E-state index in [9.17, 15) is 9.90 Å². The van der Waals surface area contributed by atoms with Gasteiger partial charge in [0.1, 0.15) is 5.82 Å². The fourth-order valence-electron chi connectivity index (χ4n) is 3.33. The number of imidazole rings is 1. The maximum atomic E-state index is 11.9. The maximum absolute atomic E-state index is 11.9. The van der Waals surface area contributed by atoms with Crippen molar-refractivity contribution in [2.24, 2.45) is 0 Å².